The lowest BCUT2D eigenvalue weighted by molar-refractivity contribution is 0.127. The van der Waals surface area contributed by atoms with E-state index in [1.165, 1.54) is 12.4 Å². The molecule has 0 spiro atoms. The van der Waals surface area contributed by atoms with Gasteiger partial charge in [-0.05, 0) is 10.1 Å². The van der Waals surface area contributed by atoms with Crippen LogP contribution in [0.4, 0.5) is 0 Å². The number of hydrogen-bond donors (Lipinski definition) is 1. The highest BCUT2D eigenvalue weighted by atomic mass is 16.5. The van der Waals surface area contributed by atoms with E-state index in [1.54, 1.807) is 0 Å². The molecule has 2 aromatic rings. The minimum Gasteiger partial charge on any atom is -0.407 e. The fourth-order valence-corrected chi connectivity index (χ4v) is 0.775. The molecular formula is C5H3N5O2. The first-order chi connectivity index (χ1) is 5.79. The summed E-state index contributed by atoms with van der Waals surface area (Å²) in [5.74, 6) is 0. The Morgan fingerprint density at radius 2 is 2.08 bits per heavy atom. The van der Waals surface area contributed by atoms with Crippen LogP contribution in [0.15, 0.2) is 17.2 Å². The minimum atomic E-state index is -0.729. The number of aromatic nitrogens is 5. The maximum atomic E-state index is 11.0. The van der Waals surface area contributed by atoms with Crippen molar-refractivity contribution >= 4 is 11.2 Å². The number of rotatable bonds is 0. The van der Waals surface area contributed by atoms with Crippen molar-refractivity contribution in [3.05, 3.63) is 22.7 Å². The van der Waals surface area contributed by atoms with Gasteiger partial charge in [-0.1, -0.05) is 0 Å². The van der Waals surface area contributed by atoms with Crippen LogP contribution in [0.5, 0.6) is 0 Å². The summed E-state index contributed by atoms with van der Waals surface area (Å²) in [4.78, 5) is 18.6. The van der Waals surface area contributed by atoms with Gasteiger partial charge in [-0.15, -0.1) is 5.10 Å². The van der Waals surface area contributed by atoms with Crippen LogP contribution in [0, 0.1) is 0 Å². The third kappa shape index (κ3) is 0.797. The Balaban J connectivity index is 3.01. The zero-order valence-corrected chi connectivity index (χ0v) is 5.75. The molecule has 0 aromatic carbocycles. The number of nitrogens with zero attached hydrogens (tertiary/aromatic N) is 5. The third-order valence-electron chi connectivity index (χ3n) is 1.29. The van der Waals surface area contributed by atoms with Gasteiger partial charge in [0.2, 0.25) is 5.65 Å². The van der Waals surface area contributed by atoms with Crippen LogP contribution < -0.4 is 5.56 Å². The highest BCUT2D eigenvalue weighted by molar-refractivity contribution is 5.66. The van der Waals surface area contributed by atoms with Crippen LogP contribution in [0.1, 0.15) is 0 Å². The van der Waals surface area contributed by atoms with Gasteiger partial charge in [-0.2, -0.15) is 0 Å². The first-order valence-electron chi connectivity index (χ1n) is 3.05. The van der Waals surface area contributed by atoms with Crippen LogP contribution in [0.25, 0.3) is 11.2 Å². The summed E-state index contributed by atoms with van der Waals surface area (Å²) < 4.78 is 0. The van der Waals surface area contributed by atoms with E-state index in [0.29, 0.717) is 0 Å². The van der Waals surface area contributed by atoms with Gasteiger partial charge in [0.25, 0.3) is 0 Å². The SMILES string of the molecule is O=c1c2nccnc2nnn1O. The van der Waals surface area contributed by atoms with Crippen molar-refractivity contribution in [3.63, 3.8) is 0 Å². The van der Waals surface area contributed by atoms with Crippen LogP contribution >= 0.6 is 0 Å². The molecule has 60 valence electrons. The highest BCUT2D eigenvalue weighted by Gasteiger charge is 2.04. The minimum absolute atomic E-state index is 0.00463. The normalized spacial score (nSPS) is 10.3. The molecule has 7 heteroatoms. The molecule has 2 rings (SSSR count). The Morgan fingerprint density at radius 3 is 2.92 bits per heavy atom. The summed E-state index contributed by atoms with van der Waals surface area (Å²) in [7, 11) is 0. The zero-order valence-electron chi connectivity index (χ0n) is 5.75. The first kappa shape index (κ1) is 6.65. The molecule has 0 bridgehead atoms. The molecule has 0 saturated carbocycles. The van der Waals surface area contributed by atoms with E-state index >= 15 is 0 Å². The predicted molar refractivity (Wildman–Crippen MR) is 36.6 cm³/mol. The van der Waals surface area contributed by atoms with Crippen molar-refractivity contribution in [1.29, 1.82) is 0 Å². The van der Waals surface area contributed by atoms with Crippen molar-refractivity contribution in [2.24, 2.45) is 0 Å². The number of hydrogen-bond acceptors (Lipinski definition) is 6. The van der Waals surface area contributed by atoms with E-state index in [4.69, 9.17) is 5.21 Å². The monoisotopic (exact) mass is 165 g/mol. The second kappa shape index (κ2) is 2.22. The molecule has 1 N–H and O–H groups in total. The van der Waals surface area contributed by atoms with Crippen LogP contribution in [-0.4, -0.2) is 30.3 Å². The van der Waals surface area contributed by atoms with E-state index in [9.17, 15) is 4.79 Å². The van der Waals surface area contributed by atoms with Crippen LogP contribution in [-0.2, 0) is 0 Å². The Bertz CT molecular complexity index is 478. The topological polar surface area (TPSA) is 93.8 Å². The molecule has 2 heterocycles. The third-order valence-corrected chi connectivity index (χ3v) is 1.29. The second-order valence-electron chi connectivity index (χ2n) is 2.01. The number of fused-ring (bicyclic) bond motifs is 1. The molecule has 2 aromatic heterocycles. The first-order valence-corrected chi connectivity index (χ1v) is 3.05. The fraction of sp³-hybridized carbons (Fsp3) is 0. The smallest absolute Gasteiger partial charge is 0.333 e. The lowest BCUT2D eigenvalue weighted by atomic mass is 10.5. The van der Waals surface area contributed by atoms with Gasteiger partial charge in [0.1, 0.15) is 0 Å². The molecule has 0 radical (unpaired) electrons. The summed E-state index contributed by atoms with van der Waals surface area (Å²) in [6.07, 6.45) is 2.73. The molecule has 0 fully saturated rings. The Morgan fingerprint density at radius 1 is 1.33 bits per heavy atom. The quantitative estimate of drug-likeness (QED) is 0.494. The average molecular weight is 165 g/mol. The Kier molecular flexibility index (Phi) is 1.23. The molecule has 0 aliphatic rings. The summed E-state index contributed by atoms with van der Waals surface area (Å²) >= 11 is 0. The van der Waals surface area contributed by atoms with Crippen molar-refractivity contribution in [2.75, 3.05) is 0 Å². The Labute approximate surface area is 65.3 Å². The molecule has 0 amide bonds. The molecule has 0 saturated heterocycles. The van der Waals surface area contributed by atoms with Crippen molar-refractivity contribution in [1.82, 2.24) is 25.1 Å². The molecule has 0 atom stereocenters. The van der Waals surface area contributed by atoms with E-state index in [0.717, 1.165) is 0 Å². The molecule has 0 aliphatic carbocycles. The van der Waals surface area contributed by atoms with Crippen molar-refractivity contribution in [2.45, 2.75) is 0 Å². The van der Waals surface area contributed by atoms with E-state index in [-0.39, 0.29) is 16.0 Å². The lowest BCUT2D eigenvalue weighted by Crippen LogP contribution is -2.22. The van der Waals surface area contributed by atoms with Crippen molar-refractivity contribution < 1.29 is 5.21 Å². The molecule has 0 aliphatic heterocycles. The summed E-state index contributed by atoms with van der Waals surface area (Å²) in [5.41, 5.74) is -0.615. The molecular weight excluding hydrogens is 162 g/mol. The van der Waals surface area contributed by atoms with Gasteiger partial charge in [-0.25, -0.2) is 9.97 Å². The fourth-order valence-electron chi connectivity index (χ4n) is 0.775. The Hall–Kier alpha value is -2.05. The predicted octanol–water partition coefficient (Wildman–Crippen LogP) is -1.18. The maximum Gasteiger partial charge on any atom is 0.333 e. The van der Waals surface area contributed by atoms with Gasteiger partial charge in [0, 0.05) is 12.4 Å². The summed E-state index contributed by atoms with van der Waals surface area (Å²) in [6, 6.07) is 0. The average Bonchev–Trinajstić information content (AvgIpc) is 2.12. The molecule has 7 nitrogen and oxygen atoms in total. The van der Waals surface area contributed by atoms with Gasteiger partial charge >= 0.3 is 5.56 Å². The van der Waals surface area contributed by atoms with Crippen molar-refractivity contribution in [3.8, 4) is 0 Å². The summed E-state index contributed by atoms with van der Waals surface area (Å²) in [5, 5.41) is 15.3. The largest absolute Gasteiger partial charge is 0.407 e. The standard InChI is InChI=1S/C5H3N5O2/c11-5-3-4(7-2-1-6-3)8-9-10(5)12/h1-2,12H. The van der Waals surface area contributed by atoms with Crippen LogP contribution in [0.3, 0.4) is 0 Å². The molecule has 0 unspecified atom stereocenters. The van der Waals surface area contributed by atoms with Gasteiger partial charge in [0.15, 0.2) is 5.52 Å². The maximum absolute atomic E-state index is 11.0. The molecule has 12 heavy (non-hydrogen) atoms. The second-order valence-corrected chi connectivity index (χ2v) is 2.01. The van der Waals surface area contributed by atoms with Gasteiger partial charge in [-0.3, -0.25) is 4.79 Å². The van der Waals surface area contributed by atoms with Gasteiger partial charge in [0.05, 0.1) is 0 Å². The zero-order chi connectivity index (χ0) is 8.55. The highest BCUT2D eigenvalue weighted by Crippen LogP contribution is 1.93. The van der Waals surface area contributed by atoms with E-state index in [2.05, 4.69) is 20.3 Å². The van der Waals surface area contributed by atoms with Gasteiger partial charge < -0.3 is 5.21 Å². The van der Waals surface area contributed by atoms with Crippen LogP contribution in [0.2, 0.25) is 0 Å². The summed E-state index contributed by atoms with van der Waals surface area (Å²) in [6.45, 7) is 0. The van der Waals surface area contributed by atoms with E-state index < -0.39 is 5.56 Å². The lowest BCUT2D eigenvalue weighted by Gasteiger charge is -1.93. The van der Waals surface area contributed by atoms with E-state index in [1.807, 2.05) is 0 Å².